The topological polar surface area (TPSA) is 125 Å². The van der Waals surface area contributed by atoms with Crippen LogP contribution in [-0.4, -0.2) is 41.0 Å². The third kappa shape index (κ3) is 4.42. The minimum Gasteiger partial charge on any atom is -0.335 e. The number of rotatable bonds is 6. The summed E-state index contributed by atoms with van der Waals surface area (Å²) < 4.78 is 0. The van der Waals surface area contributed by atoms with Gasteiger partial charge in [0.25, 0.3) is 0 Å². The van der Waals surface area contributed by atoms with Crippen LogP contribution >= 0.6 is 11.3 Å². The van der Waals surface area contributed by atoms with Gasteiger partial charge in [0.2, 0.25) is 5.91 Å². The second-order valence-corrected chi connectivity index (χ2v) is 9.82. The molecule has 0 spiro atoms. The lowest BCUT2D eigenvalue weighted by Gasteiger charge is -2.07. The Hall–Kier alpha value is -5.22. The fourth-order valence-electron chi connectivity index (χ4n) is 4.56. The molecule has 188 valence electrons. The Balaban J connectivity index is 1.21. The lowest BCUT2D eigenvalue weighted by Crippen LogP contribution is -2.14. The van der Waals surface area contributed by atoms with Crippen LogP contribution in [0, 0.1) is 0 Å². The molecule has 1 aromatic carbocycles. The van der Waals surface area contributed by atoms with E-state index in [1.54, 1.807) is 36.1 Å². The van der Waals surface area contributed by atoms with E-state index in [-0.39, 0.29) is 12.3 Å². The summed E-state index contributed by atoms with van der Waals surface area (Å²) in [5, 5.41) is 15.5. The van der Waals surface area contributed by atoms with E-state index in [0.29, 0.717) is 22.9 Å². The van der Waals surface area contributed by atoms with Gasteiger partial charge in [-0.1, -0.05) is 30.3 Å². The summed E-state index contributed by atoms with van der Waals surface area (Å²) >= 11 is 1.63. The molecule has 0 unspecified atom stereocenters. The molecule has 0 atom stereocenters. The zero-order chi connectivity index (χ0) is 26.2. The van der Waals surface area contributed by atoms with Gasteiger partial charge in [-0.15, -0.1) is 0 Å². The van der Waals surface area contributed by atoms with Crippen molar-refractivity contribution in [3.8, 4) is 33.9 Å². The highest BCUT2D eigenvalue weighted by atomic mass is 32.1. The van der Waals surface area contributed by atoms with Crippen LogP contribution in [0.25, 0.3) is 55.8 Å². The number of thiophene rings is 1. The van der Waals surface area contributed by atoms with Gasteiger partial charge in [-0.3, -0.25) is 24.8 Å². The predicted octanol–water partition coefficient (Wildman–Crippen LogP) is 5.87. The van der Waals surface area contributed by atoms with Gasteiger partial charge >= 0.3 is 0 Å². The molecule has 9 nitrogen and oxygen atoms in total. The van der Waals surface area contributed by atoms with Crippen LogP contribution in [-0.2, 0) is 11.2 Å². The van der Waals surface area contributed by atoms with Crippen LogP contribution in [0.4, 0.5) is 5.69 Å². The summed E-state index contributed by atoms with van der Waals surface area (Å²) in [6, 6.07) is 15.5. The Kier molecular flexibility index (Phi) is 5.64. The first-order valence-electron chi connectivity index (χ1n) is 12.2. The van der Waals surface area contributed by atoms with E-state index in [1.807, 2.05) is 54.0 Å². The third-order valence-corrected chi connectivity index (χ3v) is 7.11. The Labute approximate surface area is 226 Å². The molecule has 0 saturated carbocycles. The average Bonchev–Trinajstić information content (AvgIpc) is 3.73. The van der Waals surface area contributed by atoms with E-state index in [0.717, 1.165) is 44.2 Å². The van der Waals surface area contributed by atoms with E-state index >= 15 is 0 Å². The SMILES string of the molecule is O=C(Cc1ccccc1)Nc1cncc(-c2cc3c(-c4nc5c(-c6ccsc6)cncc5[nH]4)n[nH]c3cn2)c1. The van der Waals surface area contributed by atoms with Crippen LogP contribution in [0.5, 0.6) is 0 Å². The molecule has 0 saturated heterocycles. The largest absolute Gasteiger partial charge is 0.335 e. The zero-order valence-electron chi connectivity index (χ0n) is 20.4. The quantitative estimate of drug-likeness (QED) is 0.248. The fraction of sp³-hybridized carbons (Fsp3) is 0.0345. The first kappa shape index (κ1) is 22.9. The van der Waals surface area contributed by atoms with Gasteiger partial charge in [0, 0.05) is 28.9 Å². The third-order valence-electron chi connectivity index (χ3n) is 6.42. The number of fused-ring (bicyclic) bond motifs is 2. The van der Waals surface area contributed by atoms with Crippen LogP contribution in [0.15, 0.2) is 90.3 Å². The Morgan fingerprint density at radius 1 is 0.923 bits per heavy atom. The van der Waals surface area contributed by atoms with Crippen molar-refractivity contribution in [1.29, 1.82) is 0 Å². The molecular weight excluding hydrogens is 508 g/mol. The molecular formula is C29H20N8OS. The van der Waals surface area contributed by atoms with E-state index in [2.05, 4.69) is 46.9 Å². The molecule has 7 rings (SSSR count). The number of anilines is 1. The van der Waals surface area contributed by atoms with Gasteiger partial charge in [0.15, 0.2) is 5.82 Å². The lowest BCUT2D eigenvalue weighted by molar-refractivity contribution is -0.115. The number of amides is 1. The van der Waals surface area contributed by atoms with Crippen molar-refractivity contribution in [2.45, 2.75) is 6.42 Å². The summed E-state index contributed by atoms with van der Waals surface area (Å²) in [6.07, 6.45) is 8.98. The lowest BCUT2D eigenvalue weighted by atomic mass is 10.1. The van der Waals surface area contributed by atoms with Gasteiger partial charge in [0.1, 0.15) is 11.2 Å². The van der Waals surface area contributed by atoms with Crippen LogP contribution in [0.3, 0.4) is 0 Å². The second kappa shape index (κ2) is 9.58. The molecule has 10 heteroatoms. The highest BCUT2D eigenvalue weighted by Crippen LogP contribution is 2.32. The summed E-state index contributed by atoms with van der Waals surface area (Å²) in [7, 11) is 0. The van der Waals surface area contributed by atoms with Crippen molar-refractivity contribution >= 4 is 44.9 Å². The van der Waals surface area contributed by atoms with Crippen molar-refractivity contribution in [2.24, 2.45) is 0 Å². The van der Waals surface area contributed by atoms with Crippen molar-refractivity contribution in [3.63, 3.8) is 0 Å². The first-order valence-corrected chi connectivity index (χ1v) is 13.2. The predicted molar refractivity (Wildman–Crippen MR) is 152 cm³/mol. The molecule has 0 bridgehead atoms. The molecule has 3 N–H and O–H groups in total. The van der Waals surface area contributed by atoms with Gasteiger partial charge in [-0.2, -0.15) is 16.4 Å². The Morgan fingerprint density at radius 3 is 2.69 bits per heavy atom. The standard InChI is InChI=1S/C29H20N8OS/c38-26(8-17-4-2-1-3-5-17)33-20-9-19(11-30-12-20)23-10-21-24(15-32-23)36-37-28(21)29-34-25-14-31-13-22(27(25)35-29)18-6-7-39-16-18/h1-7,9-16H,8H2,(H,33,38)(H,34,35)(H,36,37). The summed E-state index contributed by atoms with van der Waals surface area (Å²) in [5.41, 5.74) is 8.22. The number of aromatic amines is 2. The maximum Gasteiger partial charge on any atom is 0.228 e. The molecule has 0 aliphatic carbocycles. The number of nitrogens with one attached hydrogen (secondary N) is 3. The van der Waals surface area contributed by atoms with Gasteiger partial charge in [-0.05, 0) is 40.1 Å². The highest BCUT2D eigenvalue weighted by molar-refractivity contribution is 7.08. The molecule has 7 aromatic rings. The van der Waals surface area contributed by atoms with E-state index < -0.39 is 0 Å². The molecule has 1 amide bonds. The van der Waals surface area contributed by atoms with Crippen molar-refractivity contribution in [2.75, 3.05) is 5.32 Å². The zero-order valence-corrected chi connectivity index (χ0v) is 21.2. The Morgan fingerprint density at radius 2 is 1.82 bits per heavy atom. The molecule has 0 aliphatic heterocycles. The number of hydrogen-bond donors (Lipinski definition) is 3. The minimum absolute atomic E-state index is 0.109. The maximum absolute atomic E-state index is 12.6. The molecule has 0 radical (unpaired) electrons. The number of aromatic nitrogens is 7. The van der Waals surface area contributed by atoms with Gasteiger partial charge < -0.3 is 10.3 Å². The first-order chi connectivity index (χ1) is 19.2. The van der Waals surface area contributed by atoms with Crippen molar-refractivity contribution in [1.82, 2.24) is 35.1 Å². The minimum atomic E-state index is -0.109. The molecule has 0 fully saturated rings. The van der Waals surface area contributed by atoms with Crippen LogP contribution < -0.4 is 5.32 Å². The summed E-state index contributed by atoms with van der Waals surface area (Å²) in [5.74, 6) is 0.528. The van der Waals surface area contributed by atoms with Crippen molar-refractivity contribution < 1.29 is 4.79 Å². The number of benzene rings is 1. The molecule has 39 heavy (non-hydrogen) atoms. The van der Waals surface area contributed by atoms with E-state index in [4.69, 9.17) is 4.98 Å². The second-order valence-electron chi connectivity index (χ2n) is 9.04. The molecule has 6 heterocycles. The van der Waals surface area contributed by atoms with Gasteiger partial charge in [0.05, 0.1) is 47.4 Å². The van der Waals surface area contributed by atoms with E-state index in [1.165, 1.54) is 0 Å². The fourth-order valence-corrected chi connectivity index (χ4v) is 5.22. The number of imidazole rings is 1. The monoisotopic (exact) mass is 528 g/mol. The number of hydrogen-bond acceptors (Lipinski definition) is 7. The van der Waals surface area contributed by atoms with Crippen LogP contribution in [0.2, 0.25) is 0 Å². The highest BCUT2D eigenvalue weighted by Gasteiger charge is 2.17. The number of pyridine rings is 3. The van der Waals surface area contributed by atoms with Crippen LogP contribution in [0.1, 0.15) is 5.56 Å². The number of H-pyrrole nitrogens is 2. The Bertz CT molecular complexity index is 1940. The molecule has 0 aliphatic rings. The maximum atomic E-state index is 12.6. The summed E-state index contributed by atoms with van der Waals surface area (Å²) in [4.78, 5) is 34.1. The smallest absolute Gasteiger partial charge is 0.228 e. The summed E-state index contributed by atoms with van der Waals surface area (Å²) in [6.45, 7) is 0. The van der Waals surface area contributed by atoms with Crippen molar-refractivity contribution in [3.05, 3.63) is 95.8 Å². The van der Waals surface area contributed by atoms with Gasteiger partial charge in [-0.25, -0.2) is 4.98 Å². The number of carbonyl (C=O) groups excluding carboxylic acids is 1. The molecule has 6 aromatic heterocycles. The van der Waals surface area contributed by atoms with E-state index in [9.17, 15) is 4.79 Å². The number of nitrogens with zero attached hydrogens (tertiary/aromatic N) is 5. The number of carbonyl (C=O) groups is 1. The average molecular weight is 529 g/mol. The normalized spacial score (nSPS) is 11.3.